The summed E-state index contributed by atoms with van der Waals surface area (Å²) in [6.07, 6.45) is 1.14. The second-order valence-electron chi connectivity index (χ2n) is 6.25. The van der Waals surface area contributed by atoms with Crippen molar-refractivity contribution in [2.45, 2.75) is 12.8 Å². The molecule has 24 heavy (non-hydrogen) atoms. The molecule has 4 nitrogen and oxygen atoms in total. The number of nitrogens with zero attached hydrogens (tertiary/aromatic N) is 2. The van der Waals surface area contributed by atoms with E-state index in [9.17, 15) is 9.59 Å². The third-order valence-corrected chi connectivity index (χ3v) is 5.02. The van der Waals surface area contributed by atoms with Crippen molar-refractivity contribution in [1.29, 1.82) is 0 Å². The van der Waals surface area contributed by atoms with Gasteiger partial charge in [-0.05, 0) is 42.3 Å². The van der Waals surface area contributed by atoms with E-state index in [-0.39, 0.29) is 24.2 Å². The summed E-state index contributed by atoms with van der Waals surface area (Å²) in [5.74, 6) is -0.257. The second kappa shape index (κ2) is 5.95. The number of halogens is 1. The molecule has 0 unspecified atom stereocenters. The summed E-state index contributed by atoms with van der Waals surface area (Å²) in [6, 6.07) is 15.1. The van der Waals surface area contributed by atoms with Crippen molar-refractivity contribution in [1.82, 2.24) is 0 Å². The number of carbonyl (C=O) groups is 2. The zero-order valence-corrected chi connectivity index (χ0v) is 13.9. The monoisotopic (exact) mass is 340 g/mol. The molecule has 0 radical (unpaired) electrons. The van der Waals surface area contributed by atoms with Crippen LogP contribution in [0.4, 0.5) is 11.4 Å². The molecule has 2 aromatic carbocycles. The van der Waals surface area contributed by atoms with Gasteiger partial charge in [0.05, 0.1) is 5.92 Å². The van der Waals surface area contributed by atoms with E-state index < -0.39 is 0 Å². The quantitative estimate of drug-likeness (QED) is 0.841. The van der Waals surface area contributed by atoms with Gasteiger partial charge in [0.15, 0.2) is 0 Å². The van der Waals surface area contributed by atoms with E-state index in [1.54, 1.807) is 17.0 Å². The topological polar surface area (TPSA) is 40.6 Å². The molecule has 122 valence electrons. The summed E-state index contributed by atoms with van der Waals surface area (Å²) in [5, 5.41) is 0.631. The normalized spacial score (nSPS) is 19.7. The predicted molar refractivity (Wildman–Crippen MR) is 94.4 cm³/mol. The Balaban J connectivity index is 1.53. The average molecular weight is 341 g/mol. The van der Waals surface area contributed by atoms with E-state index >= 15 is 0 Å². The number of hydrogen-bond donors (Lipinski definition) is 0. The second-order valence-corrected chi connectivity index (χ2v) is 6.69. The fraction of sp³-hybridized carbons (Fsp3) is 0.263. The third-order valence-electron chi connectivity index (χ3n) is 4.77. The van der Waals surface area contributed by atoms with Gasteiger partial charge in [-0.15, -0.1) is 0 Å². The molecule has 0 bridgehead atoms. The van der Waals surface area contributed by atoms with Crippen LogP contribution < -0.4 is 9.80 Å². The molecule has 0 aromatic heterocycles. The Labute approximate surface area is 145 Å². The van der Waals surface area contributed by atoms with Gasteiger partial charge in [-0.25, -0.2) is 0 Å². The summed E-state index contributed by atoms with van der Waals surface area (Å²) >= 11 is 5.90. The highest BCUT2D eigenvalue weighted by molar-refractivity contribution is 6.30. The van der Waals surface area contributed by atoms with Crippen LogP contribution in [0.15, 0.2) is 48.5 Å². The Hall–Kier alpha value is -2.33. The van der Waals surface area contributed by atoms with Crippen LogP contribution in [0.25, 0.3) is 0 Å². The van der Waals surface area contributed by atoms with Crippen molar-refractivity contribution < 1.29 is 9.59 Å². The maximum absolute atomic E-state index is 12.9. The molecule has 1 saturated heterocycles. The Morgan fingerprint density at radius 1 is 1.08 bits per heavy atom. The van der Waals surface area contributed by atoms with Gasteiger partial charge in [-0.2, -0.15) is 0 Å². The predicted octanol–water partition coefficient (Wildman–Crippen LogP) is 3.28. The van der Waals surface area contributed by atoms with Crippen LogP contribution in [0.3, 0.4) is 0 Å². The van der Waals surface area contributed by atoms with Gasteiger partial charge >= 0.3 is 0 Å². The fourth-order valence-corrected chi connectivity index (χ4v) is 3.66. The Morgan fingerprint density at radius 3 is 2.62 bits per heavy atom. The molecule has 0 spiro atoms. The van der Waals surface area contributed by atoms with E-state index in [0.717, 1.165) is 17.8 Å². The maximum atomic E-state index is 12.9. The molecule has 5 heteroatoms. The van der Waals surface area contributed by atoms with Gasteiger partial charge in [0, 0.05) is 35.9 Å². The summed E-state index contributed by atoms with van der Waals surface area (Å²) < 4.78 is 0. The number of benzene rings is 2. The molecule has 4 rings (SSSR count). The summed E-state index contributed by atoms with van der Waals surface area (Å²) in [4.78, 5) is 28.8. The minimum absolute atomic E-state index is 0.0110. The number of fused-ring (bicyclic) bond motifs is 1. The van der Waals surface area contributed by atoms with E-state index in [0.29, 0.717) is 18.1 Å². The van der Waals surface area contributed by atoms with Crippen LogP contribution in [-0.2, 0) is 16.0 Å². The van der Waals surface area contributed by atoms with Gasteiger partial charge in [0.2, 0.25) is 11.8 Å². The average Bonchev–Trinajstić information content (AvgIpc) is 3.19. The van der Waals surface area contributed by atoms with Crippen LogP contribution in [0.5, 0.6) is 0 Å². The van der Waals surface area contributed by atoms with Gasteiger partial charge in [-0.1, -0.05) is 29.8 Å². The Morgan fingerprint density at radius 2 is 1.83 bits per heavy atom. The number of anilines is 2. The highest BCUT2D eigenvalue weighted by Gasteiger charge is 2.38. The molecule has 1 fully saturated rings. The largest absolute Gasteiger partial charge is 0.312 e. The first-order chi connectivity index (χ1) is 11.6. The van der Waals surface area contributed by atoms with Gasteiger partial charge in [0.25, 0.3) is 0 Å². The van der Waals surface area contributed by atoms with Crippen molar-refractivity contribution in [2.24, 2.45) is 5.92 Å². The molecule has 0 aliphatic carbocycles. The number of carbonyl (C=O) groups excluding carboxylic acids is 2. The highest BCUT2D eigenvalue weighted by Crippen LogP contribution is 2.32. The molecule has 1 atom stereocenters. The number of amides is 2. The zero-order valence-electron chi connectivity index (χ0n) is 13.1. The van der Waals surface area contributed by atoms with E-state index in [4.69, 9.17) is 11.6 Å². The lowest BCUT2D eigenvalue weighted by Gasteiger charge is -2.21. The SMILES string of the molecule is O=C1C[C@H](C(=O)N2CCc3ccccc32)CN1c1ccc(Cl)cc1. The molecular weight excluding hydrogens is 324 g/mol. The molecule has 0 N–H and O–H groups in total. The zero-order chi connectivity index (χ0) is 16.7. The first kappa shape index (κ1) is 15.2. The van der Waals surface area contributed by atoms with Crippen LogP contribution in [0, 0.1) is 5.92 Å². The molecule has 2 amide bonds. The van der Waals surface area contributed by atoms with Crippen LogP contribution in [0.2, 0.25) is 5.02 Å². The first-order valence-electron chi connectivity index (χ1n) is 8.09. The smallest absolute Gasteiger partial charge is 0.232 e. The third kappa shape index (κ3) is 2.57. The molecule has 2 heterocycles. The van der Waals surface area contributed by atoms with Gasteiger partial charge < -0.3 is 9.80 Å². The fourth-order valence-electron chi connectivity index (χ4n) is 3.53. The highest BCUT2D eigenvalue weighted by atomic mass is 35.5. The minimum atomic E-state index is -0.292. The minimum Gasteiger partial charge on any atom is -0.312 e. The number of hydrogen-bond acceptors (Lipinski definition) is 2. The van der Waals surface area contributed by atoms with Crippen molar-refractivity contribution in [3.05, 3.63) is 59.1 Å². The first-order valence-corrected chi connectivity index (χ1v) is 8.46. The molecule has 0 saturated carbocycles. The van der Waals surface area contributed by atoms with Crippen LogP contribution in [-0.4, -0.2) is 24.9 Å². The molecular formula is C19H17ClN2O2. The molecule has 2 aliphatic heterocycles. The van der Waals surface area contributed by atoms with Gasteiger partial charge in [-0.3, -0.25) is 9.59 Å². The number of rotatable bonds is 2. The van der Waals surface area contributed by atoms with Gasteiger partial charge in [0.1, 0.15) is 0 Å². The number of para-hydroxylation sites is 1. The summed E-state index contributed by atoms with van der Waals surface area (Å²) in [5.41, 5.74) is 2.98. The van der Waals surface area contributed by atoms with Crippen LogP contribution in [0.1, 0.15) is 12.0 Å². The lowest BCUT2D eigenvalue weighted by molar-refractivity contribution is -0.124. The maximum Gasteiger partial charge on any atom is 0.232 e. The standard InChI is InChI=1S/C19H17ClN2O2/c20-15-5-7-16(8-6-15)22-12-14(11-18(22)23)19(24)21-10-9-13-3-1-2-4-17(13)21/h1-8,14H,9-12H2/t14-/m0/s1. The Kier molecular flexibility index (Phi) is 3.77. The van der Waals surface area contributed by atoms with E-state index in [1.165, 1.54) is 5.56 Å². The van der Waals surface area contributed by atoms with Crippen molar-refractivity contribution in [3.63, 3.8) is 0 Å². The van der Waals surface area contributed by atoms with Crippen molar-refractivity contribution in [2.75, 3.05) is 22.9 Å². The summed E-state index contributed by atoms with van der Waals surface area (Å²) in [6.45, 7) is 1.13. The van der Waals surface area contributed by atoms with E-state index in [1.807, 2.05) is 35.2 Å². The Bertz CT molecular complexity index is 803. The summed E-state index contributed by atoms with van der Waals surface area (Å²) in [7, 11) is 0. The van der Waals surface area contributed by atoms with Crippen molar-refractivity contribution in [3.8, 4) is 0 Å². The molecule has 2 aromatic rings. The van der Waals surface area contributed by atoms with Crippen LogP contribution >= 0.6 is 11.6 Å². The lowest BCUT2D eigenvalue weighted by Crippen LogP contribution is -2.36. The van der Waals surface area contributed by atoms with Crippen molar-refractivity contribution >= 4 is 34.8 Å². The van der Waals surface area contributed by atoms with E-state index in [2.05, 4.69) is 6.07 Å². The lowest BCUT2D eigenvalue weighted by atomic mass is 10.1. The molecule has 2 aliphatic rings.